The van der Waals surface area contributed by atoms with Crippen LogP contribution in [0.15, 0.2) is 0 Å². The molecule has 2 heterocycles. The molecule has 0 bridgehead atoms. The lowest BCUT2D eigenvalue weighted by Gasteiger charge is -2.48. The Kier molecular flexibility index (Phi) is 2.97. The fraction of sp³-hybridized carbons (Fsp3) is 1.00. The van der Waals surface area contributed by atoms with Crippen molar-refractivity contribution < 1.29 is 0 Å². The second-order valence-corrected chi connectivity index (χ2v) is 6.23. The average molecular weight is 222 g/mol. The Bertz CT molecular complexity index is 241. The monoisotopic (exact) mass is 222 g/mol. The van der Waals surface area contributed by atoms with Crippen LogP contribution in [-0.4, -0.2) is 36.1 Å². The Morgan fingerprint density at radius 1 is 1.19 bits per heavy atom. The third-order valence-corrected chi connectivity index (χ3v) is 5.42. The van der Waals surface area contributed by atoms with E-state index in [0.717, 1.165) is 12.0 Å². The summed E-state index contributed by atoms with van der Waals surface area (Å²) >= 11 is 0. The molecule has 1 saturated carbocycles. The van der Waals surface area contributed by atoms with Crippen molar-refractivity contribution in [2.45, 2.75) is 63.5 Å². The van der Waals surface area contributed by atoms with Crippen molar-refractivity contribution in [1.82, 2.24) is 10.2 Å². The maximum atomic E-state index is 3.64. The van der Waals surface area contributed by atoms with E-state index in [1.54, 1.807) is 0 Å². The molecule has 0 aromatic carbocycles. The third-order valence-electron chi connectivity index (χ3n) is 5.42. The van der Waals surface area contributed by atoms with Crippen LogP contribution >= 0.6 is 0 Å². The highest BCUT2D eigenvalue weighted by molar-refractivity contribution is 5.02. The first-order chi connectivity index (χ1) is 7.82. The van der Waals surface area contributed by atoms with Crippen LogP contribution in [0, 0.1) is 5.92 Å². The summed E-state index contributed by atoms with van der Waals surface area (Å²) in [4.78, 5) is 2.88. The van der Waals surface area contributed by atoms with Gasteiger partial charge in [0.1, 0.15) is 0 Å². The van der Waals surface area contributed by atoms with E-state index in [2.05, 4.69) is 17.1 Å². The van der Waals surface area contributed by atoms with Crippen LogP contribution in [0.2, 0.25) is 0 Å². The minimum atomic E-state index is 0.549. The quantitative estimate of drug-likeness (QED) is 0.772. The zero-order valence-corrected chi connectivity index (χ0v) is 10.7. The Labute approximate surface area is 99.8 Å². The van der Waals surface area contributed by atoms with Crippen LogP contribution < -0.4 is 5.32 Å². The normalized spacial score (nSPS) is 38.8. The summed E-state index contributed by atoms with van der Waals surface area (Å²) in [6.45, 7) is 6.35. The molecule has 0 radical (unpaired) electrons. The van der Waals surface area contributed by atoms with E-state index in [-0.39, 0.29) is 0 Å². The number of hydrogen-bond donors (Lipinski definition) is 1. The van der Waals surface area contributed by atoms with Crippen LogP contribution in [-0.2, 0) is 0 Å². The Morgan fingerprint density at radius 2 is 2.00 bits per heavy atom. The van der Waals surface area contributed by atoms with Crippen molar-refractivity contribution in [2.24, 2.45) is 5.92 Å². The van der Waals surface area contributed by atoms with Gasteiger partial charge in [0.2, 0.25) is 0 Å². The molecule has 1 N–H and O–H groups in total. The van der Waals surface area contributed by atoms with Crippen molar-refractivity contribution in [3.63, 3.8) is 0 Å². The molecule has 1 aliphatic carbocycles. The van der Waals surface area contributed by atoms with Gasteiger partial charge >= 0.3 is 0 Å². The SMILES string of the molecule is CC(C1CCC1)N1CCCC12CCCNC2. The maximum absolute atomic E-state index is 3.64. The first-order valence-corrected chi connectivity index (χ1v) is 7.29. The highest BCUT2D eigenvalue weighted by Gasteiger charge is 2.45. The number of piperidine rings is 1. The number of rotatable bonds is 2. The van der Waals surface area contributed by atoms with Gasteiger partial charge in [0, 0.05) is 18.1 Å². The number of nitrogens with zero attached hydrogens (tertiary/aromatic N) is 1. The number of likely N-dealkylation sites (tertiary alicyclic amines) is 1. The van der Waals surface area contributed by atoms with E-state index in [4.69, 9.17) is 0 Å². The molecule has 2 aliphatic heterocycles. The molecule has 2 nitrogen and oxygen atoms in total. The van der Waals surface area contributed by atoms with E-state index in [1.807, 2.05) is 0 Å². The topological polar surface area (TPSA) is 15.3 Å². The van der Waals surface area contributed by atoms with Crippen molar-refractivity contribution in [1.29, 1.82) is 0 Å². The molecule has 0 amide bonds. The molecule has 3 fully saturated rings. The minimum Gasteiger partial charge on any atom is -0.315 e. The molecule has 3 aliphatic rings. The summed E-state index contributed by atoms with van der Waals surface area (Å²) in [6.07, 6.45) is 10.1. The van der Waals surface area contributed by atoms with Crippen molar-refractivity contribution >= 4 is 0 Å². The smallest absolute Gasteiger partial charge is 0.0337 e. The maximum Gasteiger partial charge on any atom is 0.0337 e. The first-order valence-electron chi connectivity index (χ1n) is 7.29. The zero-order chi connectivity index (χ0) is 11.0. The highest BCUT2D eigenvalue weighted by atomic mass is 15.3. The van der Waals surface area contributed by atoms with E-state index in [1.165, 1.54) is 64.6 Å². The van der Waals surface area contributed by atoms with Gasteiger partial charge in [-0.3, -0.25) is 4.90 Å². The van der Waals surface area contributed by atoms with Crippen LogP contribution in [0.5, 0.6) is 0 Å². The molecule has 16 heavy (non-hydrogen) atoms. The van der Waals surface area contributed by atoms with E-state index in [9.17, 15) is 0 Å². The second kappa shape index (κ2) is 4.30. The molecule has 3 rings (SSSR count). The summed E-state index contributed by atoms with van der Waals surface area (Å²) in [7, 11) is 0. The van der Waals surface area contributed by atoms with Crippen molar-refractivity contribution in [3.05, 3.63) is 0 Å². The van der Waals surface area contributed by atoms with Crippen molar-refractivity contribution in [2.75, 3.05) is 19.6 Å². The molecular weight excluding hydrogens is 196 g/mol. The van der Waals surface area contributed by atoms with Gasteiger partial charge in [0.25, 0.3) is 0 Å². The first kappa shape index (κ1) is 11.0. The minimum absolute atomic E-state index is 0.549. The molecule has 0 aromatic heterocycles. The van der Waals surface area contributed by atoms with Gasteiger partial charge in [0.05, 0.1) is 0 Å². The van der Waals surface area contributed by atoms with Gasteiger partial charge in [-0.2, -0.15) is 0 Å². The van der Waals surface area contributed by atoms with Crippen LogP contribution in [0.4, 0.5) is 0 Å². The summed E-state index contributed by atoms with van der Waals surface area (Å²) in [5.41, 5.74) is 0.549. The van der Waals surface area contributed by atoms with E-state index in [0.29, 0.717) is 5.54 Å². The predicted octanol–water partition coefficient (Wildman–Crippen LogP) is 2.39. The zero-order valence-electron chi connectivity index (χ0n) is 10.7. The molecule has 2 saturated heterocycles. The average Bonchev–Trinajstić information content (AvgIpc) is 2.60. The molecule has 92 valence electrons. The van der Waals surface area contributed by atoms with Crippen molar-refractivity contribution in [3.8, 4) is 0 Å². The molecular formula is C14H26N2. The largest absolute Gasteiger partial charge is 0.315 e. The van der Waals surface area contributed by atoms with E-state index < -0.39 is 0 Å². The van der Waals surface area contributed by atoms with Gasteiger partial charge in [-0.05, 0) is 64.5 Å². The summed E-state index contributed by atoms with van der Waals surface area (Å²) in [5, 5.41) is 3.64. The molecule has 1 spiro atoms. The van der Waals surface area contributed by atoms with Crippen LogP contribution in [0.25, 0.3) is 0 Å². The summed E-state index contributed by atoms with van der Waals surface area (Å²) in [6, 6.07) is 0.844. The lowest BCUT2D eigenvalue weighted by atomic mass is 9.77. The Balaban J connectivity index is 1.71. The molecule has 2 heteroatoms. The lowest BCUT2D eigenvalue weighted by molar-refractivity contribution is 0.0233. The molecule has 0 aromatic rings. The number of hydrogen-bond acceptors (Lipinski definition) is 2. The van der Waals surface area contributed by atoms with Gasteiger partial charge in [-0.1, -0.05) is 6.42 Å². The van der Waals surface area contributed by atoms with Gasteiger partial charge in [-0.15, -0.1) is 0 Å². The van der Waals surface area contributed by atoms with Crippen LogP contribution in [0.1, 0.15) is 51.9 Å². The van der Waals surface area contributed by atoms with Gasteiger partial charge in [-0.25, -0.2) is 0 Å². The third kappa shape index (κ3) is 1.70. The summed E-state index contributed by atoms with van der Waals surface area (Å²) in [5.74, 6) is 1.01. The Hall–Kier alpha value is -0.0800. The summed E-state index contributed by atoms with van der Waals surface area (Å²) < 4.78 is 0. The standard InChI is InChI=1S/C14H26N2/c1-12(13-5-2-6-13)16-10-4-8-14(16)7-3-9-15-11-14/h12-13,15H,2-11H2,1H3. The fourth-order valence-electron chi connectivity index (χ4n) is 4.18. The molecule has 2 atom stereocenters. The highest BCUT2D eigenvalue weighted by Crippen LogP contribution is 2.41. The Morgan fingerprint density at radius 3 is 2.62 bits per heavy atom. The lowest BCUT2D eigenvalue weighted by Crippen LogP contribution is -2.58. The fourth-order valence-corrected chi connectivity index (χ4v) is 4.18. The van der Waals surface area contributed by atoms with Gasteiger partial charge in [0.15, 0.2) is 0 Å². The second-order valence-electron chi connectivity index (χ2n) is 6.23. The van der Waals surface area contributed by atoms with Crippen LogP contribution in [0.3, 0.4) is 0 Å². The predicted molar refractivity (Wildman–Crippen MR) is 67.6 cm³/mol. The van der Waals surface area contributed by atoms with E-state index >= 15 is 0 Å². The molecule has 2 unspecified atom stereocenters. The van der Waals surface area contributed by atoms with Gasteiger partial charge < -0.3 is 5.32 Å². The number of nitrogens with one attached hydrogen (secondary N) is 1.